The maximum absolute atomic E-state index is 12.8. The molecule has 0 aliphatic heterocycles. The Hall–Kier alpha value is -2.05. The molecule has 0 radical (unpaired) electrons. The van der Waals surface area contributed by atoms with Crippen LogP contribution in [0.25, 0.3) is 10.9 Å². The third-order valence-corrected chi connectivity index (χ3v) is 5.77. The number of likely N-dealkylation sites (N-methyl/N-ethyl adjacent to an activating group) is 1. The molecule has 1 aliphatic carbocycles. The Balaban J connectivity index is 1.77. The lowest BCUT2D eigenvalue weighted by Crippen LogP contribution is -2.51. The number of hydrogen-bond donors (Lipinski definition) is 3. The van der Waals surface area contributed by atoms with Gasteiger partial charge in [0, 0.05) is 30.0 Å². The van der Waals surface area contributed by atoms with Gasteiger partial charge in [-0.2, -0.15) is 0 Å². The van der Waals surface area contributed by atoms with Crippen LogP contribution in [0, 0.1) is 5.92 Å². The Morgan fingerprint density at radius 3 is 2.64 bits per heavy atom. The van der Waals surface area contributed by atoms with Gasteiger partial charge in [-0.25, -0.2) is 0 Å². The predicted molar refractivity (Wildman–Crippen MR) is 110 cm³/mol. The van der Waals surface area contributed by atoms with E-state index in [-0.39, 0.29) is 5.91 Å². The fraction of sp³-hybridized carbons (Fsp3) is 0.524. The highest BCUT2D eigenvalue weighted by Crippen LogP contribution is 2.28. The molecule has 0 spiro atoms. The first-order valence-electron chi connectivity index (χ1n) is 9.83. The lowest BCUT2D eigenvalue weighted by molar-refractivity contribution is -0.139. The van der Waals surface area contributed by atoms with Gasteiger partial charge in [-0.15, -0.1) is 0 Å². The van der Waals surface area contributed by atoms with Crippen LogP contribution in [0.15, 0.2) is 24.3 Å². The van der Waals surface area contributed by atoms with Gasteiger partial charge in [0.1, 0.15) is 5.69 Å². The van der Waals surface area contributed by atoms with Gasteiger partial charge in [-0.3, -0.25) is 9.59 Å². The van der Waals surface area contributed by atoms with Crippen LogP contribution >= 0.6 is 11.6 Å². The maximum atomic E-state index is 12.8. The number of aliphatic hydroxyl groups excluding tert-OH is 1. The summed E-state index contributed by atoms with van der Waals surface area (Å²) in [5, 5.41) is 14.9. The largest absolute Gasteiger partial charge is 0.381 e. The zero-order valence-electron chi connectivity index (χ0n) is 16.4. The summed E-state index contributed by atoms with van der Waals surface area (Å²) in [6.45, 7) is 0. The lowest BCUT2D eigenvalue weighted by atomic mass is 9.83. The number of nitrogens with zero attached hydrogens (tertiary/aromatic N) is 1. The van der Waals surface area contributed by atoms with Gasteiger partial charge in [0.2, 0.25) is 0 Å². The molecule has 3 rings (SSSR count). The normalized spacial score (nSPS) is 17.3. The molecule has 0 unspecified atom stereocenters. The lowest BCUT2D eigenvalue weighted by Gasteiger charge is -2.30. The molecule has 7 heteroatoms. The molecule has 1 aromatic heterocycles. The predicted octanol–water partition coefficient (Wildman–Crippen LogP) is 3.34. The highest BCUT2D eigenvalue weighted by molar-refractivity contribution is 6.31. The van der Waals surface area contributed by atoms with E-state index in [1.165, 1.54) is 11.3 Å². The first kappa shape index (κ1) is 20.7. The Morgan fingerprint density at radius 2 is 1.96 bits per heavy atom. The summed E-state index contributed by atoms with van der Waals surface area (Å²) in [5.41, 5.74) is 1.19. The standard InChI is InChI=1S/C21H28ClN3O3/c1-25(2)21(28)19(26)17(10-13-6-4-3-5-7-13)24-20(27)18-12-14-11-15(22)8-9-16(14)23-18/h8-9,11-13,17,19,23,26H,3-7,10H2,1-2H3,(H,24,27)/t17-,19+/m0/s1. The van der Waals surface area contributed by atoms with Crippen molar-refractivity contribution in [3.8, 4) is 0 Å². The Bertz CT molecular complexity index is 843. The number of hydrogen-bond acceptors (Lipinski definition) is 3. The van der Waals surface area contributed by atoms with Gasteiger partial charge >= 0.3 is 0 Å². The SMILES string of the molecule is CN(C)C(=O)[C@H](O)[C@H](CC1CCCCC1)NC(=O)c1cc2cc(Cl)ccc2[nH]1. The average molecular weight is 406 g/mol. The molecular formula is C21H28ClN3O3. The van der Waals surface area contributed by atoms with Crippen molar-refractivity contribution in [1.82, 2.24) is 15.2 Å². The molecule has 2 atom stereocenters. The summed E-state index contributed by atoms with van der Waals surface area (Å²) in [6.07, 6.45) is 5.01. The first-order chi connectivity index (χ1) is 13.3. The van der Waals surface area contributed by atoms with E-state index in [2.05, 4.69) is 10.3 Å². The number of aliphatic hydroxyl groups is 1. The van der Waals surface area contributed by atoms with E-state index >= 15 is 0 Å². The summed E-state index contributed by atoms with van der Waals surface area (Å²) in [5.74, 6) is -0.326. The molecule has 0 bridgehead atoms. The van der Waals surface area contributed by atoms with Crippen LogP contribution in [-0.2, 0) is 4.79 Å². The highest BCUT2D eigenvalue weighted by Gasteiger charge is 2.32. The third-order valence-electron chi connectivity index (χ3n) is 5.53. The minimum atomic E-state index is -1.26. The van der Waals surface area contributed by atoms with E-state index in [4.69, 9.17) is 11.6 Å². The van der Waals surface area contributed by atoms with Crippen LogP contribution in [-0.4, -0.2) is 53.0 Å². The van der Waals surface area contributed by atoms with Crippen LogP contribution in [0.5, 0.6) is 0 Å². The fourth-order valence-electron chi connectivity index (χ4n) is 3.96. The number of benzene rings is 1. The summed E-state index contributed by atoms with van der Waals surface area (Å²) in [7, 11) is 3.21. The first-order valence-corrected chi connectivity index (χ1v) is 10.2. The van der Waals surface area contributed by atoms with E-state index in [1.807, 2.05) is 6.07 Å². The maximum Gasteiger partial charge on any atom is 0.268 e. The van der Waals surface area contributed by atoms with Crippen molar-refractivity contribution in [2.45, 2.75) is 50.7 Å². The van der Waals surface area contributed by atoms with Crippen LogP contribution < -0.4 is 5.32 Å². The van der Waals surface area contributed by atoms with Crippen molar-refractivity contribution in [1.29, 1.82) is 0 Å². The number of carbonyl (C=O) groups is 2. The summed E-state index contributed by atoms with van der Waals surface area (Å²) in [6, 6.07) is 6.47. The fourth-order valence-corrected chi connectivity index (χ4v) is 4.14. The second-order valence-corrected chi connectivity index (χ2v) is 8.35. The molecule has 1 aromatic carbocycles. The molecule has 1 fully saturated rings. The molecule has 3 N–H and O–H groups in total. The average Bonchev–Trinajstić information content (AvgIpc) is 3.10. The van der Waals surface area contributed by atoms with Crippen molar-refractivity contribution >= 4 is 34.3 Å². The van der Waals surface area contributed by atoms with Gasteiger partial charge in [0.25, 0.3) is 11.8 Å². The zero-order chi connectivity index (χ0) is 20.3. The number of fused-ring (bicyclic) bond motifs is 1. The minimum Gasteiger partial charge on any atom is -0.381 e. The number of carbonyl (C=O) groups excluding carboxylic acids is 2. The van der Waals surface area contributed by atoms with E-state index in [1.54, 1.807) is 32.3 Å². The second kappa shape index (κ2) is 8.97. The van der Waals surface area contributed by atoms with E-state index in [9.17, 15) is 14.7 Å². The molecule has 6 nitrogen and oxygen atoms in total. The van der Waals surface area contributed by atoms with Gasteiger partial charge in [0.15, 0.2) is 6.10 Å². The zero-order valence-corrected chi connectivity index (χ0v) is 17.1. The van der Waals surface area contributed by atoms with E-state index < -0.39 is 18.1 Å². The van der Waals surface area contributed by atoms with Crippen molar-refractivity contribution < 1.29 is 14.7 Å². The molecule has 1 aliphatic rings. The Labute approximate surface area is 170 Å². The number of aromatic nitrogens is 1. The number of H-pyrrole nitrogens is 1. The van der Waals surface area contributed by atoms with Crippen molar-refractivity contribution in [3.63, 3.8) is 0 Å². The van der Waals surface area contributed by atoms with Crippen LogP contribution in [0.2, 0.25) is 5.02 Å². The Kier molecular flexibility index (Phi) is 6.62. The summed E-state index contributed by atoms with van der Waals surface area (Å²) >= 11 is 6.02. The Morgan fingerprint density at radius 1 is 1.25 bits per heavy atom. The monoisotopic (exact) mass is 405 g/mol. The topological polar surface area (TPSA) is 85.4 Å². The van der Waals surface area contributed by atoms with Crippen LogP contribution in [0.4, 0.5) is 0 Å². The van der Waals surface area contributed by atoms with Crippen molar-refractivity contribution in [3.05, 3.63) is 35.0 Å². The molecule has 1 saturated carbocycles. The van der Waals surface area contributed by atoms with Gasteiger partial charge in [-0.1, -0.05) is 43.7 Å². The number of nitrogens with one attached hydrogen (secondary N) is 2. The van der Waals surface area contributed by atoms with E-state index in [0.29, 0.717) is 23.1 Å². The quantitative estimate of drug-likeness (QED) is 0.689. The molecule has 2 aromatic rings. The highest BCUT2D eigenvalue weighted by atomic mass is 35.5. The molecule has 2 amide bonds. The molecule has 28 heavy (non-hydrogen) atoms. The molecule has 152 valence electrons. The third kappa shape index (κ3) is 4.86. The summed E-state index contributed by atoms with van der Waals surface area (Å²) in [4.78, 5) is 29.6. The number of amides is 2. The number of halogens is 1. The smallest absolute Gasteiger partial charge is 0.268 e. The van der Waals surface area contributed by atoms with Crippen molar-refractivity contribution in [2.75, 3.05) is 14.1 Å². The van der Waals surface area contributed by atoms with Crippen LogP contribution in [0.3, 0.4) is 0 Å². The second-order valence-electron chi connectivity index (χ2n) is 7.91. The van der Waals surface area contributed by atoms with Crippen molar-refractivity contribution in [2.24, 2.45) is 5.92 Å². The number of aromatic amines is 1. The summed E-state index contributed by atoms with van der Waals surface area (Å²) < 4.78 is 0. The van der Waals surface area contributed by atoms with Gasteiger partial charge in [0.05, 0.1) is 6.04 Å². The molecule has 0 saturated heterocycles. The minimum absolute atomic E-state index is 0.335. The molecular weight excluding hydrogens is 378 g/mol. The van der Waals surface area contributed by atoms with Gasteiger partial charge in [-0.05, 0) is 36.6 Å². The van der Waals surface area contributed by atoms with Gasteiger partial charge < -0.3 is 20.3 Å². The number of rotatable bonds is 6. The van der Waals surface area contributed by atoms with E-state index in [0.717, 1.165) is 36.6 Å². The van der Waals surface area contributed by atoms with Crippen LogP contribution in [0.1, 0.15) is 49.0 Å². The molecule has 1 heterocycles.